The maximum Gasteiger partial charge on any atom is 0.279 e. The lowest BCUT2D eigenvalue weighted by atomic mass is 9.95. The molecule has 2 aromatic carbocycles. The Hall–Kier alpha value is -2.90. The van der Waals surface area contributed by atoms with Crippen LogP contribution < -0.4 is 5.32 Å². The second-order valence-corrected chi connectivity index (χ2v) is 7.25. The van der Waals surface area contributed by atoms with Gasteiger partial charge in [0.15, 0.2) is 0 Å². The van der Waals surface area contributed by atoms with E-state index in [9.17, 15) is 20.0 Å². The number of phenolic OH excluding ortho intramolecular Hbond substituents is 1. The van der Waals surface area contributed by atoms with Gasteiger partial charge in [0.05, 0.1) is 16.4 Å². The van der Waals surface area contributed by atoms with E-state index in [1.165, 1.54) is 24.4 Å². The van der Waals surface area contributed by atoms with Gasteiger partial charge >= 0.3 is 0 Å². The maximum atomic E-state index is 12.4. The summed E-state index contributed by atoms with van der Waals surface area (Å²) in [6, 6.07) is 8.06. The molecule has 0 aliphatic rings. The third-order valence-corrected chi connectivity index (χ3v) is 5.00. The largest absolute Gasteiger partial charge is 0.505 e. The fourth-order valence-electron chi connectivity index (χ4n) is 3.12. The van der Waals surface area contributed by atoms with Crippen molar-refractivity contribution >= 4 is 45.7 Å². The van der Waals surface area contributed by atoms with Crippen LogP contribution >= 0.6 is 23.2 Å². The first-order valence-corrected chi connectivity index (χ1v) is 9.58. The quantitative estimate of drug-likeness (QED) is 0.412. The van der Waals surface area contributed by atoms with E-state index in [0.29, 0.717) is 17.0 Å². The van der Waals surface area contributed by atoms with E-state index in [4.69, 9.17) is 23.2 Å². The van der Waals surface area contributed by atoms with Gasteiger partial charge in [-0.05, 0) is 36.2 Å². The minimum Gasteiger partial charge on any atom is -0.505 e. The van der Waals surface area contributed by atoms with Crippen LogP contribution in [0.2, 0.25) is 10.0 Å². The molecule has 0 saturated carbocycles. The number of hydrogen-bond donors (Lipinski definition) is 2. The van der Waals surface area contributed by atoms with Crippen LogP contribution in [0.25, 0.3) is 10.9 Å². The van der Waals surface area contributed by atoms with Gasteiger partial charge in [0.1, 0.15) is 11.3 Å². The molecule has 0 aliphatic carbocycles. The van der Waals surface area contributed by atoms with E-state index < -0.39 is 11.0 Å². The Morgan fingerprint density at radius 2 is 2.03 bits per heavy atom. The van der Waals surface area contributed by atoms with Crippen molar-refractivity contribution in [2.45, 2.75) is 25.8 Å². The van der Waals surface area contributed by atoms with Crippen LogP contribution in [0.5, 0.6) is 5.75 Å². The Morgan fingerprint density at radius 1 is 1.28 bits per heavy atom. The van der Waals surface area contributed by atoms with Crippen LogP contribution in [-0.2, 0) is 4.79 Å². The number of nitrogens with zero attached hydrogens (tertiary/aromatic N) is 2. The summed E-state index contributed by atoms with van der Waals surface area (Å²) in [6.07, 6.45) is 2.28. The average molecular weight is 434 g/mol. The predicted octanol–water partition coefficient (Wildman–Crippen LogP) is 5.16. The zero-order valence-electron chi connectivity index (χ0n) is 15.4. The minimum absolute atomic E-state index is 0.0662. The van der Waals surface area contributed by atoms with Gasteiger partial charge in [-0.15, -0.1) is 0 Å². The molecule has 0 fully saturated rings. The summed E-state index contributed by atoms with van der Waals surface area (Å²) in [5, 5.41) is 26.2. The van der Waals surface area contributed by atoms with E-state index in [-0.39, 0.29) is 45.3 Å². The summed E-state index contributed by atoms with van der Waals surface area (Å²) >= 11 is 12.3. The highest BCUT2D eigenvalue weighted by Gasteiger charge is 2.28. The lowest BCUT2D eigenvalue weighted by molar-refractivity contribution is -0.383. The Labute approximate surface area is 176 Å². The lowest BCUT2D eigenvalue weighted by Gasteiger charge is -2.22. The molecule has 0 unspecified atom stereocenters. The monoisotopic (exact) mass is 433 g/mol. The van der Waals surface area contributed by atoms with Crippen LogP contribution in [0.15, 0.2) is 42.6 Å². The molecule has 1 aromatic heterocycles. The van der Waals surface area contributed by atoms with E-state index in [1.54, 1.807) is 18.2 Å². The maximum absolute atomic E-state index is 12.4. The normalized spacial score (nSPS) is 12.0. The minimum atomic E-state index is -0.927. The summed E-state index contributed by atoms with van der Waals surface area (Å²) in [5.41, 5.74) is 0.397. The number of nitro groups is 1. The molecule has 150 valence electrons. The molecule has 1 atom stereocenters. The first-order valence-electron chi connectivity index (χ1n) is 8.82. The van der Waals surface area contributed by atoms with Gasteiger partial charge in [-0.3, -0.25) is 19.9 Å². The number of halogens is 2. The van der Waals surface area contributed by atoms with E-state index in [2.05, 4.69) is 10.3 Å². The van der Waals surface area contributed by atoms with E-state index >= 15 is 0 Å². The number of aromatic hydroxyl groups is 1. The molecule has 2 N–H and O–H groups in total. The molecular weight excluding hydrogens is 417 g/mol. The van der Waals surface area contributed by atoms with Crippen molar-refractivity contribution in [3.8, 4) is 5.75 Å². The lowest BCUT2D eigenvalue weighted by Crippen LogP contribution is -2.29. The Balaban J connectivity index is 2.27. The van der Waals surface area contributed by atoms with Gasteiger partial charge in [-0.1, -0.05) is 36.2 Å². The topological polar surface area (TPSA) is 105 Å². The van der Waals surface area contributed by atoms with Crippen molar-refractivity contribution in [1.82, 2.24) is 10.3 Å². The number of non-ortho nitro benzene ring substituents is 1. The number of carbonyl (C=O) groups is 1. The second kappa shape index (κ2) is 8.63. The first kappa shape index (κ1) is 20.8. The number of fused-ring (bicyclic) bond motifs is 1. The van der Waals surface area contributed by atoms with Crippen LogP contribution in [0.3, 0.4) is 0 Å². The molecule has 3 aromatic rings. The van der Waals surface area contributed by atoms with Crippen molar-refractivity contribution in [1.29, 1.82) is 0 Å². The fraction of sp³-hybridized carbons (Fsp3) is 0.200. The summed E-state index contributed by atoms with van der Waals surface area (Å²) < 4.78 is 0. The number of amides is 1. The van der Waals surface area contributed by atoms with Gasteiger partial charge in [-0.25, -0.2) is 0 Å². The number of rotatable bonds is 6. The highest BCUT2D eigenvalue weighted by molar-refractivity contribution is 6.35. The SMILES string of the molecule is CCCC(=O)N[C@H](c1ccc(Cl)cc1Cl)c1cc([N+](=O)[O-])c2cccnc2c1O. The molecule has 3 rings (SSSR count). The van der Waals surface area contributed by atoms with Gasteiger partial charge in [-0.2, -0.15) is 0 Å². The number of nitro benzene ring substituents is 1. The molecule has 0 aliphatic heterocycles. The molecular formula is C20H17Cl2N3O4. The third-order valence-electron chi connectivity index (χ3n) is 4.44. The van der Waals surface area contributed by atoms with Crippen molar-refractivity contribution in [2.75, 3.05) is 0 Å². The highest BCUT2D eigenvalue weighted by atomic mass is 35.5. The average Bonchev–Trinajstić information content (AvgIpc) is 2.67. The predicted molar refractivity (Wildman–Crippen MR) is 111 cm³/mol. The van der Waals surface area contributed by atoms with Crippen LogP contribution in [0.4, 0.5) is 5.69 Å². The van der Waals surface area contributed by atoms with Gasteiger partial charge in [0.2, 0.25) is 5.91 Å². The van der Waals surface area contributed by atoms with E-state index in [1.807, 2.05) is 6.92 Å². The number of hydrogen-bond acceptors (Lipinski definition) is 5. The molecule has 1 amide bonds. The van der Waals surface area contributed by atoms with Gasteiger partial charge in [0.25, 0.3) is 5.69 Å². The molecule has 0 saturated heterocycles. The van der Waals surface area contributed by atoms with Crippen molar-refractivity contribution in [2.24, 2.45) is 0 Å². The molecule has 0 radical (unpaired) electrons. The Morgan fingerprint density at radius 3 is 2.69 bits per heavy atom. The van der Waals surface area contributed by atoms with Gasteiger partial charge in [0, 0.05) is 34.3 Å². The molecule has 29 heavy (non-hydrogen) atoms. The summed E-state index contributed by atoms with van der Waals surface area (Å²) in [4.78, 5) is 27.5. The molecule has 0 spiro atoms. The highest BCUT2D eigenvalue weighted by Crippen LogP contribution is 2.41. The standard InChI is InChI=1S/C20H17Cl2N3O4/c1-2-4-17(26)24-18(12-7-6-11(21)9-15(12)22)14-10-16(25(28)29)13-5-3-8-23-19(13)20(14)27/h3,5-10,18,27H,2,4H2,1H3,(H,24,26)/t18-/m1/s1. The third kappa shape index (κ3) is 4.26. The number of nitrogens with one attached hydrogen (secondary N) is 1. The van der Waals surface area contributed by atoms with Gasteiger partial charge < -0.3 is 10.4 Å². The second-order valence-electron chi connectivity index (χ2n) is 6.41. The number of aromatic nitrogens is 1. The van der Waals surface area contributed by atoms with Crippen LogP contribution in [0, 0.1) is 10.1 Å². The van der Waals surface area contributed by atoms with E-state index in [0.717, 1.165) is 0 Å². The number of phenols is 1. The summed E-state index contributed by atoms with van der Waals surface area (Å²) in [7, 11) is 0. The Bertz CT molecular complexity index is 1100. The zero-order valence-corrected chi connectivity index (χ0v) is 16.9. The number of pyridine rings is 1. The fourth-order valence-corrected chi connectivity index (χ4v) is 3.64. The van der Waals surface area contributed by atoms with Crippen LogP contribution in [-0.4, -0.2) is 20.9 Å². The summed E-state index contributed by atoms with van der Waals surface area (Å²) in [5.74, 6) is -0.550. The number of carbonyl (C=O) groups excluding carboxylic acids is 1. The zero-order chi connectivity index (χ0) is 21.1. The van der Waals surface area contributed by atoms with Crippen molar-refractivity contribution in [3.05, 3.63) is 73.9 Å². The van der Waals surface area contributed by atoms with Crippen LogP contribution in [0.1, 0.15) is 36.9 Å². The molecule has 9 heteroatoms. The molecule has 1 heterocycles. The smallest absolute Gasteiger partial charge is 0.279 e. The number of benzene rings is 2. The van der Waals surface area contributed by atoms with Crippen molar-refractivity contribution in [3.63, 3.8) is 0 Å². The first-order chi connectivity index (χ1) is 13.8. The Kier molecular flexibility index (Phi) is 6.20. The molecule has 7 nitrogen and oxygen atoms in total. The summed E-state index contributed by atoms with van der Waals surface area (Å²) in [6.45, 7) is 1.85. The molecule has 0 bridgehead atoms. The van der Waals surface area contributed by atoms with Crippen molar-refractivity contribution < 1.29 is 14.8 Å².